The minimum absolute atomic E-state index is 0.562. The third-order valence-electron chi connectivity index (χ3n) is 4.09. The average molecular weight is 282 g/mol. The lowest BCUT2D eigenvalue weighted by molar-refractivity contribution is 0.204. The number of nitrogens with zero attached hydrogens (tertiary/aromatic N) is 2. The molecule has 1 unspecified atom stereocenters. The van der Waals surface area contributed by atoms with Gasteiger partial charge >= 0.3 is 0 Å². The van der Waals surface area contributed by atoms with E-state index in [-0.39, 0.29) is 0 Å². The Labute approximate surface area is 125 Å². The summed E-state index contributed by atoms with van der Waals surface area (Å²) in [5.74, 6) is 0. The van der Waals surface area contributed by atoms with Crippen LogP contribution in [0, 0.1) is 0 Å². The summed E-state index contributed by atoms with van der Waals surface area (Å²) in [6, 6.07) is 11.9. The van der Waals surface area contributed by atoms with Gasteiger partial charge in [-0.2, -0.15) is 5.10 Å². The van der Waals surface area contributed by atoms with Crippen molar-refractivity contribution in [2.24, 2.45) is 0 Å². The Balaban J connectivity index is 1.79. The molecule has 0 amide bonds. The second-order valence-corrected chi connectivity index (χ2v) is 5.66. The van der Waals surface area contributed by atoms with Crippen LogP contribution in [0.3, 0.4) is 0 Å². The van der Waals surface area contributed by atoms with Gasteiger partial charge in [-0.3, -0.25) is 0 Å². The summed E-state index contributed by atoms with van der Waals surface area (Å²) in [7, 11) is 0. The summed E-state index contributed by atoms with van der Waals surface area (Å²) >= 11 is 0. The van der Waals surface area contributed by atoms with Crippen LogP contribution in [-0.2, 0) is 0 Å². The molecule has 0 aliphatic heterocycles. The molecule has 0 radical (unpaired) electrons. The molecule has 0 bridgehead atoms. The van der Waals surface area contributed by atoms with Crippen LogP contribution in [0.4, 0.5) is 0 Å². The molecule has 1 aromatic heterocycles. The van der Waals surface area contributed by atoms with Crippen LogP contribution in [0.2, 0.25) is 0 Å². The Morgan fingerprint density at radius 3 is 2.67 bits per heavy atom. The second kappa shape index (κ2) is 6.72. The number of aliphatic hydroxyl groups is 1. The van der Waals surface area contributed by atoms with Gasteiger partial charge in [-0.05, 0) is 49.5 Å². The van der Waals surface area contributed by atoms with E-state index in [2.05, 4.69) is 11.2 Å². The molecule has 1 atom stereocenters. The lowest BCUT2D eigenvalue weighted by Gasteiger charge is -2.15. The molecule has 1 aromatic carbocycles. The summed E-state index contributed by atoms with van der Waals surface area (Å²) in [6.07, 6.45) is 10.6. The maximum absolute atomic E-state index is 10.6. The van der Waals surface area contributed by atoms with E-state index in [4.69, 9.17) is 0 Å². The molecule has 1 N–H and O–H groups in total. The van der Waals surface area contributed by atoms with Crippen LogP contribution in [0.15, 0.2) is 54.2 Å². The summed E-state index contributed by atoms with van der Waals surface area (Å²) in [5, 5.41) is 15.1. The first-order chi connectivity index (χ1) is 10.3. The minimum Gasteiger partial charge on any atom is -0.382 e. The summed E-state index contributed by atoms with van der Waals surface area (Å²) in [6.45, 7) is 0. The highest BCUT2D eigenvalue weighted by atomic mass is 16.3. The topological polar surface area (TPSA) is 38.0 Å². The highest BCUT2D eigenvalue weighted by Crippen LogP contribution is 2.28. The summed E-state index contributed by atoms with van der Waals surface area (Å²) in [4.78, 5) is 0. The van der Waals surface area contributed by atoms with Crippen LogP contribution in [0.25, 0.3) is 5.69 Å². The number of hydrogen-bond acceptors (Lipinski definition) is 2. The first-order valence-corrected chi connectivity index (χ1v) is 7.82. The SMILES string of the molecule is OC(/C1=C/CCCCCC1)c1ccn(-c2ccccc2)n1. The van der Waals surface area contributed by atoms with Gasteiger partial charge in [0.1, 0.15) is 6.10 Å². The van der Waals surface area contributed by atoms with Gasteiger partial charge in [-0.25, -0.2) is 4.68 Å². The number of allylic oxidation sites excluding steroid dienone is 1. The Kier molecular flexibility index (Phi) is 4.51. The van der Waals surface area contributed by atoms with E-state index in [0.717, 1.165) is 29.8 Å². The van der Waals surface area contributed by atoms with Crippen molar-refractivity contribution in [1.29, 1.82) is 0 Å². The largest absolute Gasteiger partial charge is 0.382 e. The minimum atomic E-state index is -0.562. The van der Waals surface area contributed by atoms with Gasteiger partial charge in [0.25, 0.3) is 0 Å². The normalized spacial score (nSPS) is 20.1. The third-order valence-corrected chi connectivity index (χ3v) is 4.09. The lowest BCUT2D eigenvalue weighted by Crippen LogP contribution is -2.05. The van der Waals surface area contributed by atoms with E-state index >= 15 is 0 Å². The predicted octanol–water partition coefficient (Wildman–Crippen LogP) is 4.19. The van der Waals surface area contributed by atoms with E-state index in [0.29, 0.717) is 0 Å². The smallest absolute Gasteiger partial charge is 0.119 e. The predicted molar refractivity (Wildman–Crippen MR) is 84.3 cm³/mol. The zero-order valence-corrected chi connectivity index (χ0v) is 12.3. The fourth-order valence-electron chi connectivity index (χ4n) is 2.86. The van der Waals surface area contributed by atoms with E-state index < -0.39 is 6.10 Å². The van der Waals surface area contributed by atoms with E-state index in [1.165, 1.54) is 25.7 Å². The number of aromatic nitrogens is 2. The van der Waals surface area contributed by atoms with Crippen molar-refractivity contribution >= 4 is 0 Å². The van der Waals surface area contributed by atoms with Crippen molar-refractivity contribution in [2.75, 3.05) is 0 Å². The van der Waals surface area contributed by atoms with Crippen molar-refractivity contribution < 1.29 is 5.11 Å². The molecule has 0 saturated carbocycles. The molecule has 110 valence electrons. The molecule has 21 heavy (non-hydrogen) atoms. The van der Waals surface area contributed by atoms with Crippen LogP contribution in [0.1, 0.15) is 50.3 Å². The van der Waals surface area contributed by atoms with Gasteiger partial charge in [0.2, 0.25) is 0 Å². The van der Waals surface area contributed by atoms with Crippen molar-refractivity contribution in [3.8, 4) is 5.69 Å². The molecular formula is C18H22N2O. The zero-order chi connectivity index (χ0) is 14.5. The molecule has 1 heterocycles. The number of benzene rings is 1. The zero-order valence-electron chi connectivity index (χ0n) is 12.3. The van der Waals surface area contributed by atoms with Crippen molar-refractivity contribution in [1.82, 2.24) is 9.78 Å². The summed E-state index contributed by atoms with van der Waals surface area (Å²) in [5.41, 5.74) is 2.89. The van der Waals surface area contributed by atoms with Crippen LogP contribution in [0.5, 0.6) is 0 Å². The molecule has 0 spiro atoms. The van der Waals surface area contributed by atoms with Crippen LogP contribution >= 0.6 is 0 Å². The molecular weight excluding hydrogens is 260 g/mol. The quantitative estimate of drug-likeness (QED) is 0.857. The third kappa shape index (κ3) is 3.42. The average Bonchev–Trinajstić information content (AvgIpc) is 2.97. The Hall–Kier alpha value is -1.87. The molecule has 1 aliphatic carbocycles. The monoisotopic (exact) mass is 282 g/mol. The first kappa shape index (κ1) is 14.1. The molecule has 0 fully saturated rings. The standard InChI is InChI=1S/C18H22N2O/c21-18(15-9-5-2-1-3-6-10-15)17-13-14-20(19-17)16-11-7-4-8-12-16/h4,7-9,11-14,18,21H,1-3,5-6,10H2/b15-9+. The molecule has 1 aliphatic rings. The second-order valence-electron chi connectivity index (χ2n) is 5.66. The van der Waals surface area contributed by atoms with Crippen molar-refractivity contribution in [3.05, 3.63) is 59.9 Å². The lowest BCUT2D eigenvalue weighted by atomic mass is 9.95. The first-order valence-electron chi connectivity index (χ1n) is 7.82. The van der Waals surface area contributed by atoms with Gasteiger partial charge in [-0.15, -0.1) is 0 Å². The maximum atomic E-state index is 10.6. The molecule has 3 rings (SSSR count). The number of para-hydroxylation sites is 1. The van der Waals surface area contributed by atoms with Crippen molar-refractivity contribution in [3.63, 3.8) is 0 Å². The van der Waals surface area contributed by atoms with Crippen molar-refractivity contribution in [2.45, 2.75) is 44.6 Å². The number of rotatable bonds is 3. The van der Waals surface area contributed by atoms with E-state index in [9.17, 15) is 5.11 Å². The van der Waals surface area contributed by atoms with Gasteiger partial charge in [0, 0.05) is 6.20 Å². The Bertz CT molecular complexity index is 601. The number of aliphatic hydroxyl groups excluding tert-OH is 1. The molecule has 0 saturated heterocycles. The van der Waals surface area contributed by atoms with Crippen LogP contribution in [-0.4, -0.2) is 14.9 Å². The fourth-order valence-corrected chi connectivity index (χ4v) is 2.86. The van der Waals surface area contributed by atoms with Gasteiger partial charge in [0.15, 0.2) is 0 Å². The van der Waals surface area contributed by atoms with Gasteiger partial charge in [-0.1, -0.05) is 37.1 Å². The van der Waals surface area contributed by atoms with E-state index in [1.807, 2.05) is 47.3 Å². The van der Waals surface area contributed by atoms with Gasteiger partial charge < -0.3 is 5.11 Å². The highest BCUT2D eigenvalue weighted by molar-refractivity contribution is 5.31. The Morgan fingerprint density at radius 2 is 1.81 bits per heavy atom. The van der Waals surface area contributed by atoms with Crippen LogP contribution < -0.4 is 0 Å². The van der Waals surface area contributed by atoms with Gasteiger partial charge in [0.05, 0.1) is 11.4 Å². The Morgan fingerprint density at radius 1 is 1.00 bits per heavy atom. The molecule has 2 aromatic rings. The molecule has 3 nitrogen and oxygen atoms in total. The number of hydrogen-bond donors (Lipinski definition) is 1. The summed E-state index contributed by atoms with van der Waals surface area (Å²) < 4.78 is 1.82. The maximum Gasteiger partial charge on any atom is 0.119 e. The highest BCUT2D eigenvalue weighted by Gasteiger charge is 2.17. The fraction of sp³-hybridized carbons (Fsp3) is 0.389. The van der Waals surface area contributed by atoms with E-state index in [1.54, 1.807) is 0 Å². The molecule has 3 heteroatoms.